The van der Waals surface area contributed by atoms with Gasteiger partial charge in [-0.3, -0.25) is 0 Å². The molecule has 2 aromatic heterocycles. The van der Waals surface area contributed by atoms with E-state index in [1.54, 1.807) is 0 Å². The highest BCUT2D eigenvalue weighted by molar-refractivity contribution is 9.10. The topological polar surface area (TPSA) is 30.2 Å². The summed E-state index contributed by atoms with van der Waals surface area (Å²) in [5, 5.41) is 3.92. The third-order valence-corrected chi connectivity index (χ3v) is 3.57. The monoisotopic (exact) mass is 409 g/mol. The molecule has 10 heteroatoms. The van der Waals surface area contributed by atoms with Gasteiger partial charge in [-0.15, -0.1) is 5.10 Å². The zero-order chi connectivity index (χ0) is 17.7. The second-order valence-corrected chi connectivity index (χ2v) is 5.57. The van der Waals surface area contributed by atoms with Gasteiger partial charge in [0.15, 0.2) is 5.65 Å². The summed E-state index contributed by atoms with van der Waals surface area (Å²) >= 11 is 3.02. The molecular formula is C14H6BrF6N3. The Balaban J connectivity index is 2.30. The van der Waals surface area contributed by atoms with Gasteiger partial charge in [0.25, 0.3) is 0 Å². The molecule has 0 unspecified atom stereocenters. The van der Waals surface area contributed by atoms with Gasteiger partial charge in [0, 0.05) is 11.8 Å². The van der Waals surface area contributed by atoms with Gasteiger partial charge in [-0.05, 0) is 51.8 Å². The highest BCUT2D eigenvalue weighted by Crippen LogP contribution is 2.39. The Kier molecular flexibility index (Phi) is 3.82. The average molecular weight is 410 g/mol. The first-order valence-corrected chi connectivity index (χ1v) is 7.16. The number of rotatable bonds is 1. The lowest BCUT2D eigenvalue weighted by molar-refractivity contribution is -0.143. The second kappa shape index (κ2) is 5.47. The fraction of sp³-hybridized carbons (Fsp3) is 0.143. The molecule has 3 rings (SSSR count). The number of aromatic nitrogens is 3. The standard InChI is InChI=1S/C14H6BrF6N3/c15-12-22-11-10(2-1-3-24(11)23-12)7-4-8(13(16,17)18)6-9(5-7)14(19,20)21/h1-6H. The van der Waals surface area contributed by atoms with Gasteiger partial charge >= 0.3 is 12.4 Å². The van der Waals surface area contributed by atoms with Crippen LogP contribution in [0, 0.1) is 0 Å². The van der Waals surface area contributed by atoms with Crippen molar-refractivity contribution < 1.29 is 26.3 Å². The van der Waals surface area contributed by atoms with Crippen LogP contribution in [0.3, 0.4) is 0 Å². The molecule has 1 aromatic carbocycles. The van der Waals surface area contributed by atoms with Crippen molar-refractivity contribution in [2.24, 2.45) is 0 Å². The zero-order valence-electron chi connectivity index (χ0n) is 11.5. The predicted octanol–water partition coefficient (Wildman–Crippen LogP) is 5.20. The van der Waals surface area contributed by atoms with E-state index in [1.807, 2.05) is 0 Å². The maximum absolute atomic E-state index is 13.0. The highest BCUT2D eigenvalue weighted by atomic mass is 79.9. The van der Waals surface area contributed by atoms with E-state index in [-0.39, 0.29) is 27.6 Å². The molecule has 2 heterocycles. The van der Waals surface area contributed by atoms with E-state index in [0.717, 1.165) is 0 Å². The summed E-state index contributed by atoms with van der Waals surface area (Å²) in [7, 11) is 0. The van der Waals surface area contributed by atoms with Crippen molar-refractivity contribution in [1.82, 2.24) is 14.6 Å². The van der Waals surface area contributed by atoms with E-state index in [2.05, 4.69) is 26.0 Å². The van der Waals surface area contributed by atoms with Crippen LogP contribution >= 0.6 is 15.9 Å². The summed E-state index contributed by atoms with van der Waals surface area (Å²) in [5.41, 5.74) is -2.77. The van der Waals surface area contributed by atoms with Gasteiger partial charge in [0.05, 0.1) is 11.1 Å². The smallest absolute Gasteiger partial charge is 0.219 e. The van der Waals surface area contributed by atoms with Crippen molar-refractivity contribution in [3.05, 3.63) is 52.4 Å². The summed E-state index contributed by atoms with van der Waals surface area (Å²) in [5.74, 6) is 0. The summed E-state index contributed by atoms with van der Waals surface area (Å²) < 4.78 is 79.2. The van der Waals surface area contributed by atoms with Crippen LogP contribution < -0.4 is 0 Å². The van der Waals surface area contributed by atoms with Gasteiger partial charge in [-0.25, -0.2) is 9.50 Å². The molecule has 0 atom stereocenters. The maximum Gasteiger partial charge on any atom is 0.416 e. The minimum absolute atomic E-state index is 0.0867. The fourth-order valence-corrected chi connectivity index (χ4v) is 2.55. The van der Waals surface area contributed by atoms with E-state index in [9.17, 15) is 26.3 Å². The molecule has 0 aliphatic heterocycles. The Morgan fingerprint density at radius 2 is 1.50 bits per heavy atom. The van der Waals surface area contributed by atoms with Crippen molar-refractivity contribution in [3.8, 4) is 11.1 Å². The van der Waals surface area contributed by atoms with Crippen LogP contribution in [0.4, 0.5) is 26.3 Å². The summed E-state index contributed by atoms with van der Waals surface area (Å²) in [6.45, 7) is 0. The fourth-order valence-electron chi connectivity index (χ4n) is 2.22. The zero-order valence-corrected chi connectivity index (χ0v) is 13.0. The van der Waals surface area contributed by atoms with E-state index >= 15 is 0 Å². The molecule has 0 aliphatic rings. The van der Waals surface area contributed by atoms with Crippen molar-refractivity contribution in [3.63, 3.8) is 0 Å². The van der Waals surface area contributed by atoms with Crippen LogP contribution in [0.2, 0.25) is 0 Å². The molecule has 0 N–H and O–H groups in total. The van der Waals surface area contributed by atoms with Crippen LogP contribution in [0.25, 0.3) is 16.8 Å². The van der Waals surface area contributed by atoms with Gasteiger partial charge in [-0.1, -0.05) is 0 Å². The van der Waals surface area contributed by atoms with E-state index < -0.39 is 23.5 Å². The van der Waals surface area contributed by atoms with Crippen molar-refractivity contribution in [2.45, 2.75) is 12.4 Å². The van der Waals surface area contributed by atoms with Crippen molar-refractivity contribution in [2.75, 3.05) is 0 Å². The van der Waals surface area contributed by atoms with Crippen LogP contribution in [0.15, 0.2) is 41.3 Å². The van der Waals surface area contributed by atoms with E-state index in [4.69, 9.17) is 0 Å². The molecule has 0 aliphatic carbocycles. The highest BCUT2D eigenvalue weighted by Gasteiger charge is 2.37. The first-order chi connectivity index (χ1) is 11.1. The quantitative estimate of drug-likeness (QED) is 0.517. The minimum Gasteiger partial charge on any atom is -0.219 e. The van der Waals surface area contributed by atoms with Gasteiger partial charge in [0.1, 0.15) is 0 Å². The number of benzene rings is 1. The van der Waals surface area contributed by atoms with Crippen LogP contribution in [-0.4, -0.2) is 14.6 Å². The number of hydrogen-bond acceptors (Lipinski definition) is 2. The van der Waals surface area contributed by atoms with Gasteiger partial charge in [0.2, 0.25) is 4.73 Å². The molecule has 0 fully saturated rings. The van der Waals surface area contributed by atoms with Crippen molar-refractivity contribution >= 4 is 21.6 Å². The van der Waals surface area contributed by atoms with Crippen LogP contribution in [0.1, 0.15) is 11.1 Å². The van der Waals surface area contributed by atoms with Crippen LogP contribution in [0.5, 0.6) is 0 Å². The number of alkyl halides is 6. The van der Waals surface area contributed by atoms with Gasteiger partial charge in [-0.2, -0.15) is 26.3 Å². The third-order valence-electron chi connectivity index (χ3n) is 3.24. The molecule has 0 amide bonds. The maximum atomic E-state index is 13.0. The van der Waals surface area contributed by atoms with Crippen LogP contribution in [-0.2, 0) is 12.4 Å². The molecule has 0 saturated heterocycles. The first-order valence-electron chi connectivity index (χ1n) is 6.36. The van der Waals surface area contributed by atoms with Gasteiger partial charge < -0.3 is 0 Å². The SMILES string of the molecule is FC(F)(F)c1cc(-c2cccn3nc(Br)nc23)cc(C(F)(F)F)c1. The molecule has 0 saturated carbocycles. The number of halogens is 7. The molecule has 24 heavy (non-hydrogen) atoms. The first kappa shape index (κ1) is 16.7. The predicted molar refractivity (Wildman–Crippen MR) is 76.1 cm³/mol. The molecule has 3 nitrogen and oxygen atoms in total. The summed E-state index contributed by atoms with van der Waals surface area (Å²) in [4.78, 5) is 3.98. The largest absolute Gasteiger partial charge is 0.416 e. The summed E-state index contributed by atoms with van der Waals surface area (Å²) in [6.07, 6.45) is -8.33. The number of fused-ring (bicyclic) bond motifs is 1. The Labute approximate surface area is 139 Å². The minimum atomic E-state index is -4.91. The Hall–Kier alpha value is -2.10. The Morgan fingerprint density at radius 1 is 0.917 bits per heavy atom. The normalized spacial score (nSPS) is 12.8. The van der Waals surface area contributed by atoms with Crippen molar-refractivity contribution in [1.29, 1.82) is 0 Å². The Bertz CT molecular complexity index is 881. The van der Waals surface area contributed by atoms with E-state index in [0.29, 0.717) is 12.1 Å². The molecule has 0 bridgehead atoms. The summed E-state index contributed by atoms with van der Waals surface area (Å²) in [6, 6.07) is 4.24. The molecular weight excluding hydrogens is 404 g/mol. The lowest BCUT2D eigenvalue weighted by atomic mass is 10.00. The molecule has 0 spiro atoms. The average Bonchev–Trinajstić information content (AvgIpc) is 2.84. The lowest BCUT2D eigenvalue weighted by Crippen LogP contribution is -2.11. The number of hydrogen-bond donors (Lipinski definition) is 0. The third kappa shape index (κ3) is 3.10. The van der Waals surface area contributed by atoms with E-state index in [1.165, 1.54) is 22.8 Å². The molecule has 0 radical (unpaired) electrons. The number of pyridine rings is 1. The number of nitrogens with zero attached hydrogens (tertiary/aromatic N) is 3. The Morgan fingerprint density at radius 3 is 2.04 bits per heavy atom. The molecule has 126 valence electrons. The lowest BCUT2D eigenvalue weighted by Gasteiger charge is -2.14. The molecule has 3 aromatic rings. The second-order valence-electron chi connectivity index (χ2n) is 4.87.